The summed E-state index contributed by atoms with van der Waals surface area (Å²) >= 11 is 0. The van der Waals surface area contributed by atoms with Crippen LogP contribution in [0.4, 0.5) is 0 Å². The number of aromatic nitrogens is 3. The minimum Gasteiger partial charge on any atom is -0.353 e. The Hall–Kier alpha value is -3.01. The minimum absolute atomic E-state index is 0.139. The first-order valence-corrected chi connectivity index (χ1v) is 12.2. The van der Waals surface area contributed by atoms with Crippen molar-refractivity contribution in [1.82, 2.24) is 30.9 Å². The van der Waals surface area contributed by atoms with Gasteiger partial charge in [0.25, 0.3) is 0 Å². The predicted octanol–water partition coefficient (Wildman–Crippen LogP) is 0.596. The molecule has 2 unspecified atom stereocenters. The number of amides is 3. The summed E-state index contributed by atoms with van der Waals surface area (Å²) in [7, 11) is 0. The van der Waals surface area contributed by atoms with E-state index in [1.165, 1.54) is 0 Å². The monoisotopic (exact) mass is 471 g/mol. The summed E-state index contributed by atoms with van der Waals surface area (Å²) in [5.74, 6) is -0.689. The predicted molar refractivity (Wildman–Crippen MR) is 128 cm³/mol. The molecule has 2 aliphatic rings. The fourth-order valence-corrected chi connectivity index (χ4v) is 4.10. The number of aryl methyl sites for hydroxylation is 2. The summed E-state index contributed by atoms with van der Waals surface area (Å²) in [6, 6.07) is -2.23. The molecule has 0 fully saturated rings. The number of nitrogens with two attached hydrogens (primary N) is 1. The molecule has 5 N–H and O–H groups in total. The van der Waals surface area contributed by atoms with Crippen LogP contribution < -0.4 is 21.7 Å². The smallest absolute Gasteiger partial charge is 0.243 e. The Labute approximate surface area is 200 Å². The third-order valence-electron chi connectivity index (χ3n) is 6.08. The lowest BCUT2D eigenvalue weighted by atomic mass is 10.0. The van der Waals surface area contributed by atoms with Gasteiger partial charge in [0.2, 0.25) is 17.7 Å². The van der Waals surface area contributed by atoms with Crippen molar-refractivity contribution in [1.29, 1.82) is 0 Å². The lowest BCUT2D eigenvalue weighted by Crippen LogP contribution is -2.56. The Morgan fingerprint density at radius 3 is 2.68 bits per heavy atom. The van der Waals surface area contributed by atoms with Gasteiger partial charge in [0.15, 0.2) is 0 Å². The standard InChI is InChI=1S/C24H37N7O3/c1-16(2)13-21-24(34)27-20(23(33)26-14-17-7-3-4-8-17)11-10-18-15-31(30-29-18)12-6-5-9-19(25)22(32)28-21/h3-4,7-8,15-17,19-21H,5-6,9-14,25H2,1-2H3,(H,26,33)(H,27,34)(H,28,32)/t19-,20?,21?/m0/s1. The van der Waals surface area contributed by atoms with Gasteiger partial charge < -0.3 is 21.7 Å². The number of rotatable bonds is 5. The van der Waals surface area contributed by atoms with Gasteiger partial charge in [-0.3, -0.25) is 19.1 Å². The van der Waals surface area contributed by atoms with E-state index in [2.05, 4.69) is 26.3 Å². The van der Waals surface area contributed by atoms with E-state index < -0.39 is 18.1 Å². The average Bonchev–Trinajstić information content (AvgIpc) is 3.48. The number of fused-ring (bicyclic) bond motifs is 2. The van der Waals surface area contributed by atoms with E-state index in [0.29, 0.717) is 38.8 Å². The molecule has 0 saturated heterocycles. The Kier molecular flexibility index (Phi) is 9.38. The third-order valence-corrected chi connectivity index (χ3v) is 6.08. The lowest BCUT2D eigenvalue weighted by molar-refractivity contribution is -0.132. The largest absolute Gasteiger partial charge is 0.353 e. The summed E-state index contributed by atoms with van der Waals surface area (Å²) in [5.41, 5.74) is 6.85. The van der Waals surface area contributed by atoms with Crippen LogP contribution in [-0.4, -0.2) is 57.4 Å². The van der Waals surface area contributed by atoms with Crippen molar-refractivity contribution >= 4 is 17.7 Å². The second kappa shape index (κ2) is 12.5. The van der Waals surface area contributed by atoms with Crippen LogP contribution in [0.25, 0.3) is 0 Å². The molecule has 3 rings (SSSR count). The maximum atomic E-state index is 13.2. The molecule has 186 valence electrons. The van der Waals surface area contributed by atoms with Crippen molar-refractivity contribution in [3.05, 3.63) is 36.2 Å². The van der Waals surface area contributed by atoms with E-state index >= 15 is 0 Å². The molecule has 3 atom stereocenters. The van der Waals surface area contributed by atoms with E-state index in [4.69, 9.17) is 5.73 Å². The molecule has 10 heteroatoms. The molecule has 10 nitrogen and oxygen atoms in total. The van der Waals surface area contributed by atoms with E-state index in [-0.39, 0.29) is 29.6 Å². The van der Waals surface area contributed by atoms with Gasteiger partial charge in [-0.1, -0.05) is 43.4 Å². The molecule has 2 heterocycles. The van der Waals surface area contributed by atoms with E-state index in [1.807, 2.05) is 44.3 Å². The molecule has 0 aromatic carbocycles. The van der Waals surface area contributed by atoms with Crippen molar-refractivity contribution in [2.75, 3.05) is 6.54 Å². The Morgan fingerprint density at radius 2 is 1.94 bits per heavy atom. The van der Waals surface area contributed by atoms with Gasteiger partial charge >= 0.3 is 0 Å². The molecule has 1 aromatic rings. The highest BCUT2D eigenvalue weighted by Gasteiger charge is 2.29. The first-order valence-electron chi connectivity index (χ1n) is 12.2. The fraction of sp³-hybridized carbons (Fsp3) is 0.625. The van der Waals surface area contributed by atoms with Crippen LogP contribution in [0, 0.1) is 11.8 Å². The number of nitrogens with one attached hydrogen (secondary N) is 3. The van der Waals surface area contributed by atoms with Crippen LogP contribution in [0.3, 0.4) is 0 Å². The number of carbonyl (C=O) groups excluding carboxylic acids is 3. The summed E-state index contributed by atoms with van der Waals surface area (Å²) in [4.78, 5) is 38.9. The second-order valence-corrected chi connectivity index (χ2v) is 9.54. The zero-order valence-electron chi connectivity index (χ0n) is 20.1. The van der Waals surface area contributed by atoms with Gasteiger partial charge in [0.1, 0.15) is 12.1 Å². The first-order chi connectivity index (χ1) is 16.3. The molecule has 0 radical (unpaired) electrons. The van der Waals surface area contributed by atoms with Gasteiger partial charge in [-0.25, -0.2) is 0 Å². The van der Waals surface area contributed by atoms with Crippen molar-refractivity contribution in [2.45, 2.75) is 77.0 Å². The highest BCUT2D eigenvalue weighted by Crippen LogP contribution is 2.11. The van der Waals surface area contributed by atoms with Gasteiger partial charge in [-0.15, -0.1) is 5.10 Å². The zero-order valence-corrected chi connectivity index (χ0v) is 20.1. The van der Waals surface area contributed by atoms with E-state index in [0.717, 1.165) is 18.5 Å². The molecule has 2 bridgehead atoms. The highest BCUT2D eigenvalue weighted by molar-refractivity contribution is 5.93. The van der Waals surface area contributed by atoms with Crippen LogP contribution in [0.5, 0.6) is 0 Å². The molecule has 0 saturated carbocycles. The Balaban J connectivity index is 1.76. The quantitative estimate of drug-likeness (QED) is 0.495. The van der Waals surface area contributed by atoms with Crippen molar-refractivity contribution in [2.24, 2.45) is 17.6 Å². The van der Waals surface area contributed by atoms with Crippen LogP contribution >= 0.6 is 0 Å². The normalized spacial score (nSPS) is 24.8. The number of hydrogen-bond acceptors (Lipinski definition) is 6. The molecular weight excluding hydrogens is 434 g/mol. The van der Waals surface area contributed by atoms with E-state index in [1.54, 1.807) is 4.68 Å². The molecule has 3 amide bonds. The molecule has 1 aliphatic carbocycles. The summed E-state index contributed by atoms with van der Waals surface area (Å²) in [5, 5.41) is 17.0. The van der Waals surface area contributed by atoms with Crippen LogP contribution in [-0.2, 0) is 27.3 Å². The highest BCUT2D eigenvalue weighted by atomic mass is 16.2. The number of allylic oxidation sites excluding steroid dienone is 2. The average molecular weight is 472 g/mol. The first kappa shape index (κ1) is 25.6. The van der Waals surface area contributed by atoms with Crippen molar-refractivity contribution < 1.29 is 14.4 Å². The van der Waals surface area contributed by atoms with Gasteiger partial charge in [0, 0.05) is 25.2 Å². The maximum Gasteiger partial charge on any atom is 0.243 e. The fourth-order valence-electron chi connectivity index (χ4n) is 4.10. The molecular formula is C24H37N7O3. The van der Waals surface area contributed by atoms with E-state index in [9.17, 15) is 14.4 Å². The number of hydrogen-bond donors (Lipinski definition) is 4. The summed E-state index contributed by atoms with van der Waals surface area (Å²) in [6.45, 7) is 5.10. The number of nitrogens with zero attached hydrogens (tertiary/aromatic N) is 3. The lowest BCUT2D eigenvalue weighted by Gasteiger charge is -2.25. The van der Waals surface area contributed by atoms with Gasteiger partial charge in [-0.2, -0.15) is 0 Å². The summed E-state index contributed by atoms with van der Waals surface area (Å²) < 4.78 is 1.76. The topological polar surface area (TPSA) is 144 Å². The zero-order chi connectivity index (χ0) is 24.5. The van der Waals surface area contributed by atoms with Crippen molar-refractivity contribution in [3.63, 3.8) is 0 Å². The van der Waals surface area contributed by atoms with Crippen LogP contribution in [0.15, 0.2) is 30.5 Å². The number of carbonyl (C=O) groups is 3. The second-order valence-electron chi connectivity index (χ2n) is 9.54. The third kappa shape index (κ3) is 7.79. The molecule has 0 spiro atoms. The molecule has 1 aromatic heterocycles. The SMILES string of the molecule is CC(C)CC1NC(=O)[C@@H](N)CCCCn2cc(nn2)CCC(C(=O)NCC2C=CC=C2)NC1=O. The summed E-state index contributed by atoms with van der Waals surface area (Å²) in [6.07, 6.45) is 13.2. The van der Waals surface area contributed by atoms with Crippen LogP contribution in [0.2, 0.25) is 0 Å². The maximum absolute atomic E-state index is 13.2. The molecule has 34 heavy (non-hydrogen) atoms. The Morgan fingerprint density at radius 1 is 1.18 bits per heavy atom. The molecule has 1 aliphatic heterocycles. The van der Waals surface area contributed by atoms with Crippen molar-refractivity contribution in [3.8, 4) is 0 Å². The minimum atomic E-state index is -0.764. The Bertz CT molecular complexity index is 896. The van der Waals surface area contributed by atoms with Gasteiger partial charge in [-0.05, 0) is 44.4 Å². The van der Waals surface area contributed by atoms with Gasteiger partial charge in [0.05, 0.1) is 11.7 Å². The van der Waals surface area contributed by atoms with Crippen LogP contribution in [0.1, 0.15) is 51.6 Å².